The first-order chi connectivity index (χ1) is 6.81. The van der Waals surface area contributed by atoms with Crippen molar-refractivity contribution in [2.45, 2.75) is 6.42 Å². The second kappa shape index (κ2) is 3.51. The van der Waals surface area contributed by atoms with Crippen LogP contribution in [0.3, 0.4) is 0 Å². The van der Waals surface area contributed by atoms with E-state index in [9.17, 15) is 0 Å². The number of benzene rings is 1. The van der Waals surface area contributed by atoms with Crippen LogP contribution in [0.1, 0.15) is 12.0 Å². The van der Waals surface area contributed by atoms with Crippen LogP contribution in [0.25, 0.3) is 5.57 Å². The first kappa shape index (κ1) is 8.77. The van der Waals surface area contributed by atoms with E-state index in [-0.39, 0.29) is 5.92 Å². The lowest BCUT2D eigenvalue weighted by atomic mass is 10.0. The minimum absolute atomic E-state index is 0.0791. The Kier molecular flexibility index (Phi) is 2.20. The molecule has 0 fully saturated rings. The van der Waals surface area contributed by atoms with E-state index in [2.05, 4.69) is 12.6 Å². The molecule has 68 valence electrons. The molecule has 1 atom stereocenters. The molecule has 0 N–H and O–H groups in total. The predicted octanol–water partition coefficient (Wildman–Crippen LogP) is 3.17. The fraction of sp³-hybridized carbons (Fsp3) is 0.154. The molecule has 1 aromatic rings. The Morgan fingerprint density at radius 1 is 1.36 bits per heavy atom. The molecule has 1 unspecified atom stereocenters. The molecule has 1 aromatic carbocycles. The van der Waals surface area contributed by atoms with Gasteiger partial charge in [-0.15, -0.1) is 0 Å². The third-order valence-electron chi connectivity index (χ3n) is 2.41. The zero-order valence-electron chi connectivity index (χ0n) is 7.90. The van der Waals surface area contributed by atoms with E-state index in [0.29, 0.717) is 0 Å². The molecule has 0 heterocycles. The second-order valence-corrected chi connectivity index (χ2v) is 3.49. The number of rotatable bonds is 3. The molecule has 1 aliphatic carbocycles. The van der Waals surface area contributed by atoms with Gasteiger partial charge in [0.15, 0.2) is 0 Å². The van der Waals surface area contributed by atoms with Crippen LogP contribution in [-0.4, -0.2) is 0 Å². The Balaban J connectivity index is 1.99. The molecule has 0 bridgehead atoms. The number of hydrogen-bond acceptors (Lipinski definition) is 1. The summed E-state index contributed by atoms with van der Waals surface area (Å²) in [7, 11) is 0. The van der Waals surface area contributed by atoms with Crippen LogP contribution in [0.2, 0.25) is 0 Å². The molecular formula is C13H11N. The smallest absolute Gasteiger partial charge is 0.0860 e. The highest BCUT2D eigenvalue weighted by atomic mass is 14.3. The molecule has 0 aromatic heterocycles. The third kappa shape index (κ3) is 1.75. The van der Waals surface area contributed by atoms with Gasteiger partial charge in [-0.3, -0.25) is 0 Å². The van der Waals surface area contributed by atoms with Crippen LogP contribution in [0.5, 0.6) is 0 Å². The van der Waals surface area contributed by atoms with E-state index in [1.54, 1.807) is 0 Å². The first-order valence-corrected chi connectivity index (χ1v) is 4.64. The van der Waals surface area contributed by atoms with Gasteiger partial charge in [0.1, 0.15) is 0 Å². The van der Waals surface area contributed by atoms with E-state index >= 15 is 0 Å². The van der Waals surface area contributed by atoms with Crippen molar-refractivity contribution >= 4 is 5.57 Å². The van der Waals surface area contributed by atoms with Crippen molar-refractivity contribution in [1.29, 1.82) is 5.26 Å². The highest BCUT2D eigenvalue weighted by molar-refractivity contribution is 5.67. The molecule has 0 amide bonds. The van der Waals surface area contributed by atoms with Gasteiger partial charge in [0, 0.05) is 0 Å². The fourth-order valence-corrected chi connectivity index (χ4v) is 1.48. The van der Waals surface area contributed by atoms with E-state index in [4.69, 9.17) is 5.26 Å². The highest BCUT2D eigenvalue weighted by Gasteiger charge is 2.24. The molecule has 0 spiro atoms. The molecule has 0 aliphatic heterocycles. The summed E-state index contributed by atoms with van der Waals surface area (Å²) in [5.74, 6) is 0.0791. The quantitative estimate of drug-likeness (QED) is 0.657. The van der Waals surface area contributed by atoms with Crippen LogP contribution in [-0.2, 0) is 0 Å². The average molecular weight is 181 g/mol. The highest BCUT2D eigenvalue weighted by Crippen LogP contribution is 2.35. The number of nitrogens with zero attached hydrogens (tertiary/aromatic N) is 1. The van der Waals surface area contributed by atoms with Gasteiger partial charge in [-0.1, -0.05) is 43.0 Å². The molecule has 0 radical (unpaired) electrons. The number of nitriles is 1. The maximum absolute atomic E-state index is 8.63. The lowest BCUT2D eigenvalue weighted by molar-refractivity contribution is 1.13. The Morgan fingerprint density at radius 2 is 2.07 bits per heavy atom. The molecule has 1 aliphatic rings. The minimum atomic E-state index is 0.0791. The van der Waals surface area contributed by atoms with Crippen LogP contribution in [0, 0.1) is 17.2 Å². The van der Waals surface area contributed by atoms with Crippen molar-refractivity contribution in [1.82, 2.24) is 0 Å². The van der Waals surface area contributed by atoms with Gasteiger partial charge in [0.05, 0.1) is 12.0 Å². The SMILES string of the molecule is C=C(CC1=CC1C#N)c1ccccc1. The molecule has 2 rings (SSSR count). The zero-order valence-corrected chi connectivity index (χ0v) is 7.90. The molecule has 0 saturated carbocycles. The summed E-state index contributed by atoms with van der Waals surface area (Å²) in [6.45, 7) is 4.02. The Morgan fingerprint density at radius 3 is 2.64 bits per heavy atom. The van der Waals surface area contributed by atoms with Gasteiger partial charge in [-0.05, 0) is 23.1 Å². The summed E-state index contributed by atoms with van der Waals surface area (Å²) >= 11 is 0. The molecular weight excluding hydrogens is 170 g/mol. The van der Waals surface area contributed by atoms with Gasteiger partial charge in [-0.2, -0.15) is 5.26 Å². The third-order valence-corrected chi connectivity index (χ3v) is 2.41. The Hall–Kier alpha value is -1.81. The normalized spacial score (nSPS) is 18.2. The molecule has 1 heteroatoms. The summed E-state index contributed by atoms with van der Waals surface area (Å²) < 4.78 is 0. The van der Waals surface area contributed by atoms with Crippen LogP contribution < -0.4 is 0 Å². The van der Waals surface area contributed by atoms with Gasteiger partial charge in [-0.25, -0.2) is 0 Å². The topological polar surface area (TPSA) is 23.8 Å². The summed E-state index contributed by atoms with van der Waals surface area (Å²) in [5, 5.41) is 8.63. The lowest BCUT2D eigenvalue weighted by Crippen LogP contribution is -1.83. The minimum Gasteiger partial charge on any atom is -0.197 e. The first-order valence-electron chi connectivity index (χ1n) is 4.64. The summed E-state index contributed by atoms with van der Waals surface area (Å²) in [6.07, 6.45) is 2.83. The number of allylic oxidation sites excluding steroid dienone is 3. The maximum Gasteiger partial charge on any atom is 0.0860 e. The Bertz CT molecular complexity index is 420. The van der Waals surface area contributed by atoms with Crippen LogP contribution >= 0.6 is 0 Å². The lowest BCUT2D eigenvalue weighted by Gasteiger charge is -2.02. The van der Waals surface area contributed by atoms with Crippen molar-refractivity contribution in [3.63, 3.8) is 0 Å². The number of hydrogen-bond donors (Lipinski definition) is 0. The van der Waals surface area contributed by atoms with E-state index < -0.39 is 0 Å². The van der Waals surface area contributed by atoms with Crippen molar-refractivity contribution in [3.05, 3.63) is 54.1 Å². The van der Waals surface area contributed by atoms with Crippen molar-refractivity contribution in [3.8, 4) is 6.07 Å². The van der Waals surface area contributed by atoms with Gasteiger partial charge >= 0.3 is 0 Å². The summed E-state index contributed by atoms with van der Waals surface area (Å²) in [6, 6.07) is 12.3. The maximum atomic E-state index is 8.63. The molecule has 0 saturated heterocycles. The zero-order chi connectivity index (χ0) is 9.97. The second-order valence-electron chi connectivity index (χ2n) is 3.49. The van der Waals surface area contributed by atoms with Crippen molar-refractivity contribution in [2.24, 2.45) is 5.92 Å². The van der Waals surface area contributed by atoms with Gasteiger partial charge < -0.3 is 0 Å². The monoisotopic (exact) mass is 181 g/mol. The van der Waals surface area contributed by atoms with E-state index in [1.165, 1.54) is 5.57 Å². The Labute approximate surface area is 84.0 Å². The summed E-state index contributed by atoms with van der Waals surface area (Å²) in [4.78, 5) is 0. The van der Waals surface area contributed by atoms with Gasteiger partial charge in [0.25, 0.3) is 0 Å². The van der Waals surface area contributed by atoms with Gasteiger partial charge in [0.2, 0.25) is 0 Å². The van der Waals surface area contributed by atoms with E-state index in [1.807, 2.05) is 36.4 Å². The van der Waals surface area contributed by atoms with Crippen LogP contribution in [0.4, 0.5) is 0 Å². The average Bonchev–Trinajstić information content (AvgIpc) is 2.98. The predicted molar refractivity (Wildman–Crippen MR) is 57.3 cm³/mol. The van der Waals surface area contributed by atoms with E-state index in [0.717, 1.165) is 17.6 Å². The molecule has 1 nitrogen and oxygen atoms in total. The summed E-state index contributed by atoms with van der Waals surface area (Å²) in [5.41, 5.74) is 3.47. The standard InChI is InChI=1S/C13H11N/c1-10(7-12-8-13(12)9-14)11-5-3-2-4-6-11/h2-6,8,13H,1,7H2. The fourth-order valence-electron chi connectivity index (χ4n) is 1.48. The largest absolute Gasteiger partial charge is 0.197 e. The van der Waals surface area contributed by atoms with Crippen molar-refractivity contribution < 1.29 is 0 Å². The van der Waals surface area contributed by atoms with Crippen molar-refractivity contribution in [2.75, 3.05) is 0 Å². The molecule has 14 heavy (non-hydrogen) atoms. The van der Waals surface area contributed by atoms with Crippen LogP contribution in [0.15, 0.2) is 48.6 Å².